The fourth-order valence-corrected chi connectivity index (χ4v) is 7.02. The van der Waals surface area contributed by atoms with E-state index >= 15 is 0 Å². The van der Waals surface area contributed by atoms with Gasteiger partial charge in [-0.1, -0.05) is 49.0 Å². The summed E-state index contributed by atoms with van der Waals surface area (Å²) in [5, 5.41) is 10.7. The molecule has 0 spiro atoms. The Bertz CT molecular complexity index is 1370. The van der Waals surface area contributed by atoms with Crippen LogP contribution in [0.15, 0.2) is 40.3 Å². The van der Waals surface area contributed by atoms with Crippen LogP contribution in [0.3, 0.4) is 0 Å². The topological polar surface area (TPSA) is 76.5 Å². The van der Waals surface area contributed by atoms with Crippen molar-refractivity contribution in [2.24, 2.45) is 5.92 Å². The average molecular weight is 478 g/mol. The summed E-state index contributed by atoms with van der Waals surface area (Å²) >= 11 is 3.33. The summed E-state index contributed by atoms with van der Waals surface area (Å²) in [4.78, 5) is 23.3. The number of aryl methyl sites for hydroxylation is 1. The SMILES string of the molecule is CC1CCc2c(sc3nc(C(C)Sc4nnc(C5CC5)n4Cc4ccccc4)[nH]c(=O)c23)C1. The molecule has 1 N–H and O–H groups in total. The predicted molar refractivity (Wildman–Crippen MR) is 133 cm³/mol. The van der Waals surface area contributed by atoms with Crippen molar-refractivity contribution in [2.75, 3.05) is 0 Å². The molecule has 0 aliphatic heterocycles. The van der Waals surface area contributed by atoms with E-state index in [0.29, 0.717) is 17.7 Å². The molecular weight excluding hydrogens is 450 g/mol. The second-order valence-corrected chi connectivity index (χ2v) is 11.8. The van der Waals surface area contributed by atoms with Crippen molar-refractivity contribution in [1.29, 1.82) is 0 Å². The summed E-state index contributed by atoms with van der Waals surface area (Å²) < 4.78 is 2.25. The van der Waals surface area contributed by atoms with Gasteiger partial charge in [0.05, 0.1) is 17.2 Å². The third-order valence-electron chi connectivity index (χ3n) is 6.72. The number of rotatable bonds is 6. The molecule has 0 bridgehead atoms. The standard InChI is InChI=1S/C25H27N5OS2/c1-14-8-11-18-19(12-14)33-24-20(18)23(31)26-21(27-24)15(2)32-25-29-28-22(17-9-10-17)30(25)13-16-6-4-3-5-7-16/h3-7,14-15,17H,8-13H2,1-2H3,(H,26,27,31). The van der Waals surface area contributed by atoms with E-state index in [1.54, 1.807) is 23.1 Å². The molecule has 6 rings (SSSR count). The lowest BCUT2D eigenvalue weighted by atomic mass is 9.89. The highest BCUT2D eigenvalue weighted by molar-refractivity contribution is 7.99. The van der Waals surface area contributed by atoms with Crippen molar-refractivity contribution in [3.8, 4) is 0 Å². The van der Waals surface area contributed by atoms with E-state index in [-0.39, 0.29) is 10.8 Å². The Hall–Kier alpha value is -2.45. The minimum absolute atomic E-state index is 0.000995. The first-order chi connectivity index (χ1) is 16.1. The van der Waals surface area contributed by atoms with Gasteiger partial charge in [-0.2, -0.15) is 0 Å². The highest BCUT2D eigenvalue weighted by Crippen LogP contribution is 2.42. The molecule has 3 aromatic heterocycles. The molecule has 2 atom stereocenters. The van der Waals surface area contributed by atoms with Gasteiger partial charge in [0.1, 0.15) is 16.5 Å². The molecule has 2 aliphatic rings. The lowest BCUT2D eigenvalue weighted by Gasteiger charge is -2.17. The summed E-state index contributed by atoms with van der Waals surface area (Å²) in [6.45, 7) is 5.13. The Balaban J connectivity index is 1.31. The van der Waals surface area contributed by atoms with Crippen molar-refractivity contribution in [2.45, 2.75) is 68.8 Å². The molecular formula is C25H27N5OS2. The van der Waals surface area contributed by atoms with Crippen LogP contribution in [0.2, 0.25) is 0 Å². The Morgan fingerprint density at radius 3 is 2.82 bits per heavy atom. The molecule has 0 saturated heterocycles. The third kappa shape index (κ3) is 4.04. The minimum Gasteiger partial charge on any atom is -0.309 e. The molecule has 4 aromatic rings. The molecule has 2 unspecified atom stereocenters. The van der Waals surface area contributed by atoms with Crippen molar-refractivity contribution in [1.82, 2.24) is 24.7 Å². The van der Waals surface area contributed by atoms with E-state index in [4.69, 9.17) is 4.98 Å². The van der Waals surface area contributed by atoms with Crippen molar-refractivity contribution < 1.29 is 0 Å². The maximum atomic E-state index is 13.0. The quantitative estimate of drug-likeness (QED) is 0.372. The number of aromatic amines is 1. The Kier molecular flexibility index (Phi) is 5.37. The van der Waals surface area contributed by atoms with Crippen LogP contribution in [-0.2, 0) is 19.4 Å². The lowest BCUT2D eigenvalue weighted by molar-refractivity contribution is 0.509. The van der Waals surface area contributed by atoms with Gasteiger partial charge in [0.15, 0.2) is 5.16 Å². The number of nitrogens with one attached hydrogen (secondary N) is 1. The van der Waals surface area contributed by atoms with E-state index in [1.807, 2.05) is 6.07 Å². The number of thiophene rings is 1. The maximum absolute atomic E-state index is 13.0. The Labute approximate surface area is 200 Å². The zero-order valence-electron chi connectivity index (χ0n) is 18.9. The molecule has 2 aliphatic carbocycles. The van der Waals surface area contributed by atoms with Gasteiger partial charge in [-0.3, -0.25) is 4.79 Å². The number of benzene rings is 1. The smallest absolute Gasteiger partial charge is 0.259 e. The number of fused-ring (bicyclic) bond motifs is 3. The van der Waals surface area contributed by atoms with Crippen LogP contribution in [0.5, 0.6) is 0 Å². The molecule has 3 heterocycles. The van der Waals surface area contributed by atoms with Crippen molar-refractivity contribution >= 4 is 33.3 Å². The number of aromatic nitrogens is 5. The first kappa shape index (κ1) is 21.1. The highest BCUT2D eigenvalue weighted by Gasteiger charge is 2.31. The second kappa shape index (κ2) is 8.40. The van der Waals surface area contributed by atoms with Crippen LogP contribution < -0.4 is 5.56 Å². The van der Waals surface area contributed by atoms with Gasteiger partial charge in [0, 0.05) is 10.8 Å². The fraction of sp³-hybridized carbons (Fsp3) is 0.440. The van der Waals surface area contributed by atoms with Crippen LogP contribution in [0.4, 0.5) is 0 Å². The molecule has 0 radical (unpaired) electrons. The van der Waals surface area contributed by atoms with Gasteiger partial charge in [-0.15, -0.1) is 21.5 Å². The minimum atomic E-state index is -0.0362. The number of thioether (sulfide) groups is 1. The molecule has 1 saturated carbocycles. The normalized spacial score (nSPS) is 19.0. The number of H-pyrrole nitrogens is 1. The second-order valence-electron chi connectivity index (χ2n) is 9.43. The number of hydrogen-bond donors (Lipinski definition) is 1. The summed E-state index contributed by atoms with van der Waals surface area (Å²) in [6.07, 6.45) is 5.55. The largest absolute Gasteiger partial charge is 0.309 e. The van der Waals surface area contributed by atoms with E-state index < -0.39 is 0 Å². The van der Waals surface area contributed by atoms with Crippen molar-refractivity contribution in [3.05, 3.63) is 68.3 Å². The van der Waals surface area contributed by atoms with Gasteiger partial charge in [-0.25, -0.2) is 4.98 Å². The summed E-state index contributed by atoms with van der Waals surface area (Å²) in [5.74, 6) is 2.98. The molecule has 0 amide bonds. The summed E-state index contributed by atoms with van der Waals surface area (Å²) in [5.41, 5.74) is 2.46. The first-order valence-electron chi connectivity index (χ1n) is 11.7. The van der Waals surface area contributed by atoms with Crippen LogP contribution in [0.1, 0.15) is 71.9 Å². The van der Waals surface area contributed by atoms with Gasteiger partial charge in [-0.05, 0) is 56.1 Å². The first-order valence-corrected chi connectivity index (χ1v) is 13.4. The van der Waals surface area contributed by atoms with Gasteiger partial charge < -0.3 is 9.55 Å². The van der Waals surface area contributed by atoms with Crippen molar-refractivity contribution in [3.63, 3.8) is 0 Å². The molecule has 170 valence electrons. The highest BCUT2D eigenvalue weighted by atomic mass is 32.2. The Morgan fingerprint density at radius 2 is 2.03 bits per heavy atom. The summed E-state index contributed by atoms with van der Waals surface area (Å²) in [7, 11) is 0. The van der Waals surface area contributed by atoms with E-state index in [2.05, 4.69) is 57.9 Å². The molecule has 33 heavy (non-hydrogen) atoms. The van der Waals surface area contributed by atoms with Crippen LogP contribution >= 0.6 is 23.1 Å². The van der Waals surface area contributed by atoms with Gasteiger partial charge >= 0.3 is 0 Å². The predicted octanol–water partition coefficient (Wildman–Crippen LogP) is 5.48. The van der Waals surface area contributed by atoms with E-state index in [9.17, 15) is 4.79 Å². The molecule has 6 nitrogen and oxygen atoms in total. The lowest BCUT2D eigenvalue weighted by Crippen LogP contribution is -2.15. The zero-order valence-corrected chi connectivity index (χ0v) is 20.5. The van der Waals surface area contributed by atoms with Gasteiger partial charge in [0.25, 0.3) is 5.56 Å². The number of nitrogens with zero attached hydrogens (tertiary/aromatic N) is 4. The van der Waals surface area contributed by atoms with Crippen LogP contribution in [0, 0.1) is 5.92 Å². The Morgan fingerprint density at radius 1 is 1.21 bits per heavy atom. The third-order valence-corrected chi connectivity index (χ3v) is 8.96. The summed E-state index contributed by atoms with van der Waals surface area (Å²) in [6, 6.07) is 10.5. The molecule has 1 aromatic carbocycles. The molecule has 8 heteroatoms. The fourth-order valence-electron chi connectivity index (χ4n) is 4.72. The van der Waals surface area contributed by atoms with Gasteiger partial charge in [0.2, 0.25) is 0 Å². The van der Waals surface area contributed by atoms with E-state index in [1.165, 1.54) is 28.8 Å². The maximum Gasteiger partial charge on any atom is 0.259 e. The average Bonchev–Trinajstić information content (AvgIpc) is 3.48. The number of hydrogen-bond acceptors (Lipinski definition) is 6. The van der Waals surface area contributed by atoms with Crippen LogP contribution in [-0.4, -0.2) is 24.7 Å². The van der Waals surface area contributed by atoms with E-state index in [0.717, 1.165) is 47.0 Å². The molecule has 1 fully saturated rings. The van der Waals surface area contributed by atoms with Crippen LogP contribution in [0.25, 0.3) is 10.2 Å². The monoisotopic (exact) mass is 477 g/mol. The zero-order chi connectivity index (χ0) is 22.5.